The topological polar surface area (TPSA) is 3.24 Å². The Morgan fingerprint density at radius 3 is 1.91 bits per heavy atom. The Hall–Kier alpha value is -2.12. The lowest BCUT2D eigenvalue weighted by Crippen LogP contribution is -2.32. The average Bonchev–Trinajstić information content (AvgIpc) is 2.54. The molecule has 0 aliphatic rings. The summed E-state index contributed by atoms with van der Waals surface area (Å²) in [5, 5.41) is 0. The van der Waals surface area contributed by atoms with Gasteiger partial charge in [0.2, 0.25) is 0 Å². The summed E-state index contributed by atoms with van der Waals surface area (Å²) in [5.74, 6) is 0. The van der Waals surface area contributed by atoms with Crippen molar-refractivity contribution in [3.63, 3.8) is 0 Å². The van der Waals surface area contributed by atoms with Crippen molar-refractivity contribution in [1.82, 2.24) is 4.90 Å². The predicted molar refractivity (Wildman–Crippen MR) is 95.9 cm³/mol. The molecule has 2 aromatic carbocycles. The Morgan fingerprint density at radius 2 is 1.50 bits per heavy atom. The van der Waals surface area contributed by atoms with Gasteiger partial charge in [-0.3, -0.25) is 4.90 Å². The van der Waals surface area contributed by atoms with Gasteiger partial charge in [0.25, 0.3) is 0 Å². The number of benzene rings is 2. The van der Waals surface area contributed by atoms with E-state index in [2.05, 4.69) is 85.6 Å². The van der Waals surface area contributed by atoms with Crippen molar-refractivity contribution >= 4 is 0 Å². The molecule has 0 saturated carbocycles. The van der Waals surface area contributed by atoms with E-state index in [4.69, 9.17) is 0 Å². The van der Waals surface area contributed by atoms with E-state index in [9.17, 15) is 0 Å². The van der Waals surface area contributed by atoms with Gasteiger partial charge < -0.3 is 0 Å². The number of hydrogen-bond acceptors (Lipinski definition) is 1. The van der Waals surface area contributed by atoms with Gasteiger partial charge >= 0.3 is 0 Å². The summed E-state index contributed by atoms with van der Waals surface area (Å²) < 4.78 is 0. The van der Waals surface area contributed by atoms with Crippen molar-refractivity contribution < 1.29 is 0 Å². The van der Waals surface area contributed by atoms with Gasteiger partial charge in [-0.15, -0.1) is 6.58 Å². The van der Waals surface area contributed by atoms with Crippen LogP contribution in [0.25, 0.3) is 0 Å². The molecule has 0 atom stereocenters. The molecular weight excluding hydrogens is 266 g/mol. The highest BCUT2D eigenvalue weighted by Crippen LogP contribution is 2.29. The van der Waals surface area contributed by atoms with Crippen molar-refractivity contribution in [1.29, 1.82) is 0 Å². The molecule has 1 heteroatoms. The van der Waals surface area contributed by atoms with Crippen LogP contribution >= 0.6 is 0 Å². The highest BCUT2D eigenvalue weighted by Gasteiger charge is 2.21. The van der Waals surface area contributed by atoms with Crippen LogP contribution in [0.3, 0.4) is 0 Å². The van der Waals surface area contributed by atoms with Crippen LogP contribution in [-0.4, -0.2) is 18.0 Å². The van der Waals surface area contributed by atoms with Crippen LogP contribution in [0.15, 0.2) is 85.5 Å². The van der Waals surface area contributed by atoms with Gasteiger partial charge in [0.05, 0.1) is 6.04 Å². The summed E-state index contributed by atoms with van der Waals surface area (Å²) in [7, 11) is 0. The molecule has 2 rings (SSSR count). The Morgan fingerprint density at radius 1 is 1.00 bits per heavy atom. The molecule has 0 N–H and O–H groups in total. The number of nitrogens with zero attached hydrogens (tertiary/aromatic N) is 1. The molecule has 2 aromatic rings. The van der Waals surface area contributed by atoms with Crippen LogP contribution in [0.4, 0.5) is 0 Å². The molecule has 114 valence electrons. The molecule has 22 heavy (non-hydrogen) atoms. The molecule has 0 aromatic heterocycles. The van der Waals surface area contributed by atoms with Crippen molar-refractivity contribution in [3.05, 3.63) is 96.6 Å². The third-order valence-electron chi connectivity index (χ3n) is 3.69. The van der Waals surface area contributed by atoms with Gasteiger partial charge in [-0.1, -0.05) is 78.9 Å². The van der Waals surface area contributed by atoms with Gasteiger partial charge in [-0.25, -0.2) is 0 Å². The Kier molecular flexibility index (Phi) is 6.17. The van der Waals surface area contributed by atoms with Gasteiger partial charge in [-0.2, -0.15) is 0 Å². The fraction of sp³-hybridized carbons (Fsp3) is 0.238. The molecule has 0 unspecified atom stereocenters. The maximum absolute atomic E-state index is 4.11. The largest absolute Gasteiger partial charge is 0.288 e. The second-order valence-corrected chi connectivity index (χ2v) is 5.73. The van der Waals surface area contributed by atoms with Crippen molar-refractivity contribution in [2.75, 3.05) is 13.1 Å². The standard InChI is InChI=1S/C21H25N/c1-4-5-16-22(17-18(2)3)21(19-12-8-6-9-13-19)20-14-10-7-11-15-20/h4,6-15,21H,1-2,5,16-17H2,3H3. The monoisotopic (exact) mass is 291 g/mol. The fourth-order valence-electron chi connectivity index (χ4n) is 2.79. The Bertz CT molecular complexity index is 546. The van der Waals surface area contributed by atoms with Gasteiger partial charge in [0, 0.05) is 13.1 Å². The summed E-state index contributed by atoms with van der Waals surface area (Å²) in [6.45, 7) is 11.9. The van der Waals surface area contributed by atoms with E-state index >= 15 is 0 Å². The summed E-state index contributed by atoms with van der Waals surface area (Å²) >= 11 is 0. The van der Waals surface area contributed by atoms with Crippen LogP contribution < -0.4 is 0 Å². The van der Waals surface area contributed by atoms with E-state index in [0.29, 0.717) is 0 Å². The minimum absolute atomic E-state index is 0.249. The first-order valence-corrected chi connectivity index (χ1v) is 7.81. The minimum atomic E-state index is 0.249. The lowest BCUT2D eigenvalue weighted by atomic mass is 9.96. The summed E-state index contributed by atoms with van der Waals surface area (Å²) in [4.78, 5) is 2.48. The molecule has 0 saturated heterocycles. The molecule has 0 radical (unpaired) electrons. The predicted octanol–water partition coefficient (Wildman–Crippen LogP) is 5.23. The van der Waals surface area contributed by atoms with E-state index in [1.54, 1.807) is 0 Å². The molecule has 0 fully saturated rings. The molecule has 1 nitrogen and oxygen atoms in total. The quantitative estimate of drug-likeness (QED) is 0.602. The molecule has 0 aliphatic heterocycles. The lowest BCUT2D eigenvalue weighted by molar-refractivity contribution is 0.249. The second-order valence-electron chi connectivity index (χ2n) is 5.73. The first-order chi connectivity index (χ1) is 10.7. The number of rotatable bonds is 8. The zero-order chi connectivity index (χ0) is 15.8. The van der Waals surface area contributed by atoms with Crippen LogP contribution in [0.1, 0.15) is 30.5 Å². The van der Waals surface area contributed by atoms with Crippen molar-refractivity contribution in [2.45, 2.75) is 19.4 Å². The highest BCUT2D eigenvalue weighted by molar-refractivity contribution is 5.32. The maximum atomic E-state index is 4.11. The third-order valence-corrected chi connectivity index (χ3v) is 3.69. The first kappa shape index (κ1) is 16.3. The summed E-state index contributed by atoms with van der Waals surface area (Å²) in [6.07, 6.45) is 2.96. The number of hydrogen-bond donors (Lipinski definition) is 0. The highest BCUT2D eigenvalue weighted by atomic mass is 15.2. The smallest absolute Gasteiger partial charge is 0.0604 e. The van der Waals surface area contributed by atoms with Crippen LogP contribution in [0.2, 0.25) is 0 Å². The van der Waals surface area contributed by atoms with Crippen molar-refractivity contribution in [3.8, 4) is 0 Å². The second kappa shape index (κ2) is 8.35. The van der Waals surface area contributed by atoms with E-state index in [1.165, 1.54) is 16.7 Å². The molecular formula is C21H25N. The molecule has 0 aliphatic carbocycles. The summed E-state index contributed by atoms with van der Waals surface area (Å²) in [6, 6.07) is 21.6. The van der Waals surface area contributed by atoms with Gasteiger partial charge in [0.15, 0.2) is 0 Å². The molecule has 0 heterocycles. The van der Waals surface area contributed by atoms with E-state index in [-0.39, 0.29) is 6.04 Å². The Labute approximate surface area is 134 Å². The van der Waals surface area contributed by atoms with Gasteiger partial charge in [0.1, 0.15) is 0 Å². The van der Waals surface area contributed by atoms with Crippen LogP contribution in [-0.2, 0) is 0 Å². The fourth-order valence-corrected chi connectivity index (χ4v) is 2.79. The SMILES string of the molecule is C=CCCN(CC(=C)C)C(c1ccccc1)c1ccccc1. The molecule has 0 amide bonds. The normalized spacial score (nSPS) is 10.9. The first-order valence-electron chi connectivity index (χ1n) is 7.81. The van der Waals surface area contributed by atoms with E-state index in [1.807, 2.05) is 6.08 Å². The molecule has 0 bridgehead atoms. The third kappa shape index (κ3) is 4.44. The van der Waals surface area contributed by atoms with Crippen LogP contribution in [0, 0.1) is 0 Å². The van der Waals surface area contributed by atoms with E-state index < -0.39 is 0 Å². The lowest BCUT2D eigenvalue weighted by Gasteiger charge is -2.32. The van der Waals surface area contributed by atoms with Gasteiger partial charge in [-0.05, 0) is 24.5 Å². The van der Waals surface area contributed by atoms with E-state index in [0.717, 1.165) is 19.5 Å². The average molecular weight is 291 g/mol. The maximum Gasteiger partial charge on any atom is 0.0604 e. The van der Waals surface area contributed by atoms with Crippen LogP contribution in [0.5, 0.6) is 0 Å². The minimum Gasteiger partial charge on any atom is -0.288 e. The Balaban J connectivity index is 2.40. The zero-order valence-electron chi connectivity index (χ0n) is 13.4. The van der Waals surface area contributed by atoms with Crippen molar-refractivity contribution in [2.24, 2.45) is 0 Å². The zero-order valence-corrected chi connectivity index (χ0v) is 13.4. The summed E-state index contributed by atoms with van der Waals surface area (Å²) in [5.41, 5.74) is 3.82. The molecule has 0 spiro atoms.